The molecule has 3 N–H and O–H groups in total. The van der Waals surface area contributed by atoms with Crippen molar-refractivity contribution >= 4 is 5.91 Å². The highest BCUT2D eigenvalue weighted by molar-refractivity contribution is 5.95. The van der Waals surface area contributed by atoms with Gasteiger partial charge in [-0.3, -0.25) is 4.79 Å². The highest BCUT2D eigenvalue weighted by Crippen LogP contribution is 2.27. The Hall–Kier alpha value is -1.79. The van der Waals surface area contributed by atoms with Gasteiger partial charge in [-0.1, -0.05) is 0 Å². The Labute approximate surface area is 119 Å². The standard InChI is InChI=1S/C14H22N2O4/c1-18-9-11(6-7-15)16-14(17)10-4-5-12(19-2)13(8-10)20-3/h4-5,8,11H,6-7,9,15H2,1-3H3,(H,16,17). The molecule has 1 rings (SSSR count). The van der Waals surface area contributed by atoms with E-state index in [1.54, 1.807) is 32.4 Å². The van der Waals surface area contributed by atoms with Crippen molar-refractivity contribution in [1.82, 2.24) is 5.32 Å². The van der Waals surface area contributed by atoms with Gasteiger partial charge in [-0.25, -0.2) is 0 Å². The maximum atomic E-state index is 12.2. The monoisotopic (exact) mass is 282 g/mol. The summed E-state index contributed by atoms with van der Waals surface area (Å²) >= 11 is 0. The Kier molecular flexibility index (Phi) is 6.83. The molecule has 20 heavy (non-hydrogen) atoms. The molecule has 0 spiro atoms. The van der Waals surface area contributed by atoms with Gasteiger partial charge in [0.1, 0.15) is 0 Å². The Balaban J connectivity index is 2.80. The third-order valence-electron chi connectivity index (χ3n) is 2.86. The van der Waals surface area contributed by atoms with Gasteiger partial charge in [0.25, 0.3) is 5.91 Å². The number of amides is 1. The number of carbonyl (C=O) groups excluding carboxylic acids is 1. The summed E-state index contributed by atoms with van der Waals surface area (Å²) in [5.74, 6) is 0.906. The summed E-state index contributed by atoms with van der Waals surface area (Å²) in [6.45, 7) is 0.913. The third kappa shape index (κ3) is 4.40. The highest BCUT2D eigenvalue weighted by Gasteiger charge is 2.15. The molecule has 1 atom stereocenters. The van der Waals surface area contributed by atoms with Gasteiger partial charge in [-0.15, -0.1) is 0 Å². The molecule has 0 saturated carbocycles. The summed E-state index contributed by atoms with van der Waals surface area (Å²) in [7, 11) is 4.67. The molecular weight excluding hydrogens is 260 g/mol. The molecule has 0 heterocycles. The molecule has 1 amide bonds. The molecule has 0 saturated heterocycles. The minimum Gasteiger partial charge on any atom is -0.493 e. The number of ether oxygens (including phenoxy) is 3. The summed E-state index contributed by atoms with van der Waals surface area (Å²) < 4.78 is 15.4. The summed E-state index contributed by atoms with van der Waals surface area (Å²) in [4.78, 5) is 12.2. The van der Waals surface area contributed by atoms with Gasteiger partial charge < -0.3 is 25.3 Å². The summed E-state index contributed by atoms with van der Waals surface area (Å²) in [5.41, 5.74) is 6.01. The van der Waals surface area contributed by atoms with Gasteiger partial charge in [0.15, 0.2) is 11.5 Å². The first kappa shape index (κ1) is 16.3. The maximum Gasteiger partial charge on any atom is 0.251 e. The van der Waals surface area contributed by atoms with Gasteiger partial charge >= 0.3 is 0 Å². The summed E-state index contributed by atoms with van der Waals surface area (Å²) in [6.07, 6.45) is 0.660. The number of hydrogen-bond acceptors (Lipinski definition) is 5. The fourth-order valence-corrected chi connectivity index (χ4v) is 1.85. The van der Waals surface area contributed by atoms with Gasteiger partial charge in [0.2, 0.25) is 0 Å². The van der Waals surface area contributed by atoms with Gasteiger partial charge in [-0.05, 0) is 31.2 Å². The Morgan fingerprint density at radius 1 is 1.25 bits per heavy atom. The molecule has 1 aromatic rings. The van der Waals surface area contributed by atoms with Crippen molar-refractivity contribution in [2.24, 2.45) is 5.73 Å². The Bertz CT molecular complexity index is 431. The third-order valence-corrected chi connectivity index (χ3v) is 2.86. The lowest BCUT2D eigenvalue weighted by molar-refractivity contribution is 0.0893. The smallest absolute Gasteiger partial charge is 0.251 e. The molecule has 0 aromatic heterocycles. The SMILES string of the molecule is COCC(CCN)NC(=O)c1ccc(OC)c(OC)c1. The summed E-state index contributed by atoms with van der Waals surface area (Å²) in [5, 5.41) is 2.88. The zero-order valence-corrected chi connectivity index (χ0v) is 12.1. The first-order valence-corrected chi connectivity index (χ1v) is 6.38. The molecule has 0 aliphatic carbocycles. The summed E-state index contributed by atoms with van der Waals surface area (Å²) in [6, 6.07) is 4.91. The first-order chi connectivity index (χ1) is 9.65. The zero-order chi connectivity index (χ0) is 15.0. The number of carbonyl (C=O) groups is 1. The number of nitrogens with one attached hydrogen (secondary N) is 1. The second kappa shape index (κ2) is 8.39. The van der Waals surface area contributed by atoms with Crippen LogP contribution in [0.4, 0.5) is 0 Å². The molecule has 6 heteroatoms. The van der Waals surface area contributed by atoms with Crippen molar-refractivity contribution in [3.05, 3.63) is 23.8 Å². The van der Waals surface area contributed by atoms with E-state index in [4.69, 9.17) is 19.9 Å². The fourth-order valence-electron chi connectivity index (χ4n) is 1.85. The number of rotatable bonds is 8. The van der Waals surface area contributed by atoms with E-state index in [1.165, 1.54) is 7.11 Å². The van der Waals surface area contributed by atoms with Gasteiger partial charge in [0, 0.05) is 12.7 Å². The van der Waals surface area contributed by atoms with Crippen LogP contribution in [0.1, 0.15) is 16.8 Å². The first-order valence-electron chi connectivity index (χ1n) is 6.38. The molecular formula is C14H22N2O4. The maximum absolute atomic E-state index is 12.2. The highest BCUT2D eigenvalue weighted by atomic mass is 16.5. The normalized spacial score (nSPS) is 11.8. The lowest BCUT2D eigenvalue weighted by Crippen LogP contribution is -2.39. The topological polar surface area (TPSA) is 82.8 Å². The van der Waals surface area contributed by atoms with Crippen molar-refractivity contribution < 1.29 is 19.0 Å². The van der Waals surface area contributed by atoms with Crippen LogP contribution in [0.2, 0.25) is 0 Å². The van der Waals surface area contributed by atoms with Crippen molar-refractivity contribution in [2.45, 2.75) is 12.5 Å². The predicted octanol–water partition coefficient (Wildman–Crippen LogP) is 0.797. The molecule has 0 aliphatic heterocycles. The van der Waals surface area contributed by atoms with Crippen molar-refractivity contribution in [2.75, 3.05) is 34.5 Å². The molecule has 0 bridgehead atoms. The van der Waals surface area contributed by atoms with Crippen LogP contribution in [0.5, 0.6) is 11.5 Å². The Morgan fingerprint density at radius 2 is 1.95 bits per heavy atom. The lowest BCUT2D eigenvalue weighted by Gasteiger charge is -2.17. The molecule has 112 valence electrons. The quantitative estimate of drug-likeness (QED) is 0.737. The Morgan fingerprint density at radius 3 is 2.50 bits per heavy atom. The zero-order valence-electron chi connectivity index (χ0n) is 12.1. The molecule has 0 fully saturated rings. The predicted molar refractivity (Wildman–Crippen MR) is 76.3 cm³/mol. The van der Waals surface area contributed by atoms with Crippen LogP contribution in [0.25, 0.3) is 0 Å². The van der Waals surface area contributed by atoms with Crippen LogP contribution in [0.15, 0.2) is 18.2 Å². The van der Waals surface area contributed by atoms with E-state index < -0.39 is 0 Å². The largest absolute Gasteiger partial charge is 0.493 e. The molecule has 0 aliphatic rings. The minimum absolute atomic E-state index is 0.106. The van der Waals surface area contributed by atoms with Crippen molar-refractivity contribution in [1.29, 1.82) is 0 Å². The van der Waals surface area contributed by atoms with E-state index in [-0.39, 0.29) is 11.9 Å². The van der Waals surface area contributed by atoms with Crippen LogP contribution in [-0.4, -0.2) is 46.4 Å². The molecule has 1 aromatic carbocycles. The average Bonchev–Trinajstić information content (AvgIpc) is 2.46. The second-order valence-electron chi connectivity index (χ2n) is 4.27. The van der Waals surface area contributed by atoms with E-state index in [0.29, 0.717) is 36.6 Å². The van der Waals surface area contributed by atoms with Gasteiger partial charge in [-0.2, -0.15) is 0 Å². The fraction of sp³-hybridized carbons (Fsp3) is 0.500. The second-order valence-corrected chi connectivity index (χ2v) is 4.27. The van der Waals surface area contributed by atoms with E-state index in [0.717, 1.165) is 0 Å². The van der Waals surface area contributed by atoms with E-state index >= 15 is 0 Å². The van der Waals surface area contributed by atoms with E-state index in [1.807, 2.05) is 0 Å². The molecule has 1 unspecified atom stereocenters. The number of methoxy groups -OCH3 is 3. The lowest BCUT2D eigenvalue weighted by atomic mass is 10.1. The number of benzene rings is 1. The van der Waals surface area contributed by atoms with Crippen LogP contribution in [0, 0.1) is 0 Å². The van der Waals surface area contributed by atoms with E-state index in [9.17, 15) is 4.79 Å². The van der Waals surface area contributed by atoms with Crippen LogP contribution >= 0.6 is 0 Å². The molecule has 6 nitrogen and oxygen atoms in total. The average molecular weight is 282 g/mol. The minimum atomic E-state index is -0.193. The van der Waals surface area contributed by atoms with Crippen molar-refractivity contribution in [3.8, 4) is 11.5 Å². The van der Waals surface area contributed by atoms with Crippen LogP contribution in [-0.2, 0) is 4.74 Å². The number of nitrogens with two attached hydrogens (primary N) is 1. The van der Waals surface area contributed by atoms with E-state index in [2.05, 4.69) is 5.32 Å². The van der Waals surface area contributed by atoms with Crippen molar-refractivity contribution in [3.63, 3.8) is 0 Å². The van der Waals surface area contributed by atoms with Crippen LogP contribution in [0.3, 0.4) is 0 Å². The van der Waals surface area contributed by atoms with Crippen LogP contribution < -0.4 is 20.5 Å². The molecule has 0 radical (unpaired) electrons. The number of hydrogen-bond donors (Lipinski definition) is 2. The van der Waals surface area contributed by atoms with Gasteiger partial charge in [0.05, 0.1) is 26.9 Å².